The van der Waals surface area contributed by atoms with E-state index in [4.69, 9.17) is 0 Å². The van der Waals surface area contributed by atoms with Gasteiger partial charge in [0.05, 0.1) is 5.69 Å². The maximum atomic E-state index is 12.1. The van der Waals surface area contributed by atoms with Crippen LogP contribution >= 0.6 is 0 Å². The lowest BCUT2D eigenvalue weighted by atomic mass is 10.00. The third kappa shape index (κ3) is 2.37. The van der Waals surface area contributed by atoms with Crippen LogP contribution < -0.4 is 5.43 Å². The summed E-state index contributed by atoms with van der Waals surface area (Å²) in [5.41, 5.74) is 1.58. The second-order valence-corrected chi connectivity index (χ2v) is 5.04. The number of hydrogen-bond donors (Lipinski definition) is 1. The molecule has 1 aromatic carbocycles. The topological polar surface area (TPSA) is 59.3 Å². The molecule has 2 rings (SSSR count). The van der Waals surface area contributed by atoms with Crippen molar-refractivity contribution < 1.29 is 9.90 Å². The Morgan fingerprint density at radius 2 is 1.80 bits per heavy atom. The molecule has 0 saturated carbocycles. The van der Waals surface area contributed by atoms with E-state index in [-0.39, 0.29) is 11.5 Å². The molecule has 1 aromatic heterocycles. The van der Waals surface area contributed by atoms with Crippen LogP contribution in [0.4, 0.5) is 0 Å². The summed E-state index contributed by atoms with van der Waals surface area (Å²) < 4.78 is 1.80. The molecule has 20 heavy (non-hydrogen) atoms. The highest BCUT2D eigenvalue weighted by Gasteiger charge is 2.21. The molecule has 1 N–H and O–H groups in total. The van der Waals surface area contributed by atoms with Crippen molar-refractivity contribution >= 4 is 5.97 Å². The first-order valence-corrected chi connectivity index (χ1v) is 6.46. The molecule has 0 saturated heterocycles. The van der Waals surface area contributed by atoms with Crippen molar-refractivity contribution in [3.63, 3.8) is 0 Å². The van der Waals surface area contributed by atoms with Crippen LogP contribution in [-0.4, -0.2) is 15.6 Å². The Kier molecular flexibility index (Phi) is 3.74. The number of rotatable bonds is 3. The second kappa shape index (κ2) is 5.33. The number of aromatic nitrogens is 1. The maximum absolute atomic E-state index is 12.1. The van der Waals surface area contributed by atoms with Crippen LogP contribution in [0.15, 0.2) is 41.2 Å². The number of hydrogen-bond acceptors (Lipinski definition) is 2. The number of aromatic carboxylic acids is 1. The van der Waals surface area contributed by atoms with Gasteiger partial charge in [-0.2, -0.15) is 0 Å². The Labute approximate surface area is 117 Å². The minimum atomic E-state index is -1.17. The Hall–Kier alpha value is -2.36. The van der Waals surface area contributed by atoms with Crippen molar-refractivity contribution in [1.29, 1.82) is 0 Å². The molecule has 0 atom stereocenters. The fourth-order valence-corrected chi connectivity index (χ4v) is 2.49. The van der Waals surface area contributed by atoms with Crippen LogP contribution in [0.25, 0.3) is 11.3 Å². The van der Waals surface area contributed by atoms with E-state index in [0.29, 0.717) is 5.69 Å². The molecule has 4 heteroatoms. The van der Waals surface area contributed by atoms with Gasteiger partial charge in [0.2, 0.25) is 0 Å². The summed E-state index contributed by atoms with van der Waals surface area (Å²) in [5, 5.41) is 9.27. The predicted octanol–water partition coefficient (Wildman–Crippen LogP) is 2.87. The summed E-state index contributed by atoms with van der Waals surface area (Å²) in [4.78, 5) is 23.5. The van der Waals surface area contributed by atoms with E-state index in [1.807, 2.05) is 44.2 Å². The molecule has 0 bridgehead atoms. The number of carbonyl (C=O) groups is 1. The lowest BCUT2D eigenvalue weighted by Gasteiger charge is -2.19. The molecule has 0 amide bonds. The molecular weight excluding hydrogens is 254 g/mol. The van der Waals surface area contributed by atoms with E-state index in [0.717, 1.165) is 11.3 Å². The van der Waals surface area contributed by atoms with Crippen LogP contribution in [0.3, 0.4) is 0 Å². The number of carboxylic acids is 1. The van der Waals surface area contributed by atoms with E-state index in [9.17, 15) is 14.7 Å². The Morgan fingerprint density at radius 1 is 1.20 bits per heavy atom. The lowest BCUT2D eigenvalue weighted by molar-refractivity contribution is 0.0692. The van der Waals surface area contributed by atoms with Gasteiger partial charge in [0.1, 0.15) is 5.56 Å². The Bertz CT molecular complexity index is 700. The first kappa shape index (κ1) is 14.1. The zero-order valence-electron chi connectivity index (χ0n) is 11.8. The van der Waals surface area contributed by atoms with E-state index < -0.39 is 11.4 Å². The highest BCUT2D eigenvalue weighted by molar-refractivity contribution is 5.89. The molecule has 0 radical (unpaired) electrons. The number of carboxylic acid groups (broad SMARTS) is 1. The van der Waals surface area contributed by atoms with Gasteiger partial charge in [0.25, 0.3) is 0 Å². The average molecular weight is 271 g/mol. The smallest absolute Gasteiger partial charge is 0.341 e. The van der Waals surface area contributed by atoms with Crippen molar-refractivity contribution in [2.24, 2.45) is 7.05 Å². The average Bonchev–Trinajstić information content (AvgIpc) is 2.40. The quantitative estimate of drug-likeness (QED) is 0.933. The molecule has 104 valence electrons. The SMILES string of the molecule is CC(C)c1c(C(=O)O)c(=O)cc(-c2ccccc2)n1C. The van der Waals surface area contributed by atoms with Crippen molar-refractivity contribution in [1.82, 2.24) is 4.57 Å². The minimum absolute atomic E-state index is 0.0533. The van der Waals surface area contributed by atoms with Crippen molar-refractivity contribution in [3.8, 4) is 11.3 Å². The molecule has 0 aliphatic carbocycles. The minimum Gasteiger partial charge on any atom is -0.477 e. The summed E-state index contributed by atoms with van der Waals surface area (Å²) in [6, 6.07) is 10.9. The molecule has 0 spiro atoms. The number of nitrogens with zero attached hydrogens (tertiary/aromatic N) is 1. The predicted molar refractivity (Wildman–Crippen MR) is 78.2 cm³/mol. The van der Waals surface area contributed by atoms with Gasteiger partial charge >= 0.3 is 5.97 Å². The molecular formula is C16H17NO3. The van der Waals surface area contributed by atoms with Crippen LogP contribution in [0.2, 0.25) is 0 Å². The Balaban J connectivity index is 2.82. The van der Waals surface area contributed by atoms with Crippen LogP contribution in [-0.2, 0) is 7.05 Å². The highest BCUT2D eigenvalue weighted by Crippen LogP contribution is 2.24. The van der Waals surface area contributed by atoms with Crippen LogP contribution in [0, 0.1) is 0 Å². The fourth-order valence-electron chi connectivity index (χ4n) is 2.49. The van der Waals surface area contributed by atoms with E-state index >= 15 is 0 Å². The maximum Gasteiger partial charge on any atom is 0.341 e. The molecule has 0 aliphatic rings. The third-order valence-corrected chi connectivity index (χ3v) is 3.32. The second-order valence-electron chi connectivity index (χ2n) is 5.04. The zero-order chi connectivity index (χ0) is 14.9. The van der Waals surface area contributed by atoms with E-state index in [1.54, 1.807) is 11.6 Å². The van der Waals surface area contributed by atoms with Gasteiger partial charge < -0.3 is 9.67 Å². The summed E-state index contributed by atoms with van der Waals surface area (Å²) >= 11 is 0. The van der Waals surface area contributed by atoms with E-state index in [1.165, 1.54) is 6.07 Å². The summed E-state index contributed by atoms with van der Waals surface area (Å²) in [6.45, 7) is 3.77. The molecule has 0 aliphatic heterocycles. The van der Waals surface area contributed by atoms with Crippen molar-refractivity contribution in [2.75, 3.05) is 0 Å². The molecule has 2 aromatic rings. The Morgan fingerprint density at radius 3 is 2.30 bits per heavy atom. The standard InChI is InChI=1S/C16H17NO3/c1-10(2)15-14(16(19)20)13(18)9-12(17(15)3)11-7-5-4-6-8-11/h4-10H,1-3H3,(H,19,20). The van der Waals surface area contributed by atoms with Crippen LogP contribution in [0.1, 0.15) is 35.8 Å². The molecule has 0 unspecified atom stereocenters. The van der Waals surface area contributed by atoms with Gasteiger partial charge in [-0.25, -0.2) is 4.79 Å². The summed E-state index contributed by atoms with van der Waals surface area (Å²) in [6.07, 6.45) is 0. The van der Waals surface area contributed by atoms with Gasteiger partial charge in [0.15, 0.2) is 5.43 Å². The van der Waals surface area contributed by atoms with Gasteiger partial charge in [-0.05, 0) is 11.5 Å². The normalized spacial score (nSPS) is 10.8. The molecule has 1 heterocycles. The number of benzene rings is 1. The van der Waals surface area contributed by atoms with Gasteiger partial charge in [-0.3, -0.25) is 4.79 Å². The summed E-state index contributed by atoms with van der Waals surface area (Å²) in [5.74, 6) is -1.23. The molecule has 4 nitrogen and oxygen atoms in total. The van der Waals surface area contributed by atoms with Crippen molar-refractivity contribution in [3.05, 3.63) is 57.9 Å². The summed E-state index contributed by atoms with van der Waals surface area (Å²) in [7, 11) is 1.80. The van der Waals surface area contributed by atoms with Gasteiger partial charge in [0, 0.05) is 18.8 Å². The first-order chi connectivity index (χ1) is 9.43. The van der Waals surface area contributed by atoms with Gasteiger partial charge in [-0.1, -0.05) is 44.2 Å². The molecule has 0 fully saturated rings. The van der Waals surface area contributed by atoms with Crippen molar-refractivity contribution in [2.45, 2.75) is 19.8 Å². The van der Waals surface area contributed by atoms with Crippen LogP contribution in [0.5, 0.6) is 0 Å². The largest absolute Gasteiger partial charge is 0.477 e. The number of pyridine rings is 1. The zero-order valence-corrected chi connectivity index (χ0v) is 11.8. The first-order valence-electron chi connectivity index (χ1n) is 6.46. The monoisotopic (exact) mass is 271 g/mol. The third-order valence-electron chi connectivity index (χ3n) is 3.32. The highest BCUT2D eigenvalue weighted by atomic mass is 16.4. The lowest BCUT2D eigenvalue weighted by Crippen LogP contribution is -2.23. The fraction of sp³-hybridized carbons (Fsp3) is 0.250. The van der Waals surface area contributed by atoms with E-state index in [2.05, 4.69) is 0 Å². The van der Waals surface area contributed by atoms with Gasteiger partial charge in [-0.15, -0.1) is 0 Å².